The molecule has 2 heterocycles. The molecule has 0 aliphatic heterocycles. The Morgan fingerprint density at radius 2 is 1.82 bits per heavy atom. The van der Waals surface area contributed by atoms with Crippen molar-refractivity contribution in [1.82, 2.24) is 9.38 Å². The molecule has 0 aliphatic rings. The van der Waals surface area contributed by atoms with Crippen LogP contribution in [0.15, 0.2) is 48.8 Å². The molecule has 0 unspecified atom stereocenters. The van der Waals surface area contributed by atoms with Crippen LogP contribution in [0.3, 0.4) is 0 Å². The Hall–Kier alpha value is -1.51. The minimum Gasteiger partial charge on any atom is -0.297 e. The molecule has 0 N–H and O–H groups in total. The summed E-state index contributed by atoms with van der Waals surface area (Å²) in [6, 6.07) is 11.7. The van der Waals surface area contributed by atoms with Gasteiger partial charge in [0.1, 0.15) is 0 Å². The topological polar surface area (TPSA) is 17.3 Å². The maximum Gasteiger partial charge on any atom is 0.156 e. The van der Waals surface area contributed by atoms with Gasteiger partial charge in [-0.05, 0) is 6.07 Å². The van der Waals surface area contributed by atoms with Crippen molar-refractivity contribution < 1.29 is 0 Å². The monoisotopic (exact) mass is 262 g/mol. The second-order valence-electron chi connectivity index (χ2n) is 3.71. The lowest BCUT2D eigenvalue weighted by Crippen LogP contribution is -1.88. The van der Waals surface area contributed by atoms with Crippen molar-refractivity contribution >= 4 is 28.8 Å². The summed E-state index contributed by atoms with van der Waals surface area (Å²) in [5.74, 6) is 0. The molecule has 0 saturated carbocycles. The molecular weight excluding hydrogens is 255 g/mol. The zero-order valence-corrected chi connectivity index (χ0v) is 10.3. The number of pyridine rings is 1. The lowest BCUT2D eigenvalue weighted by Gasteiger charge is -2.03. The van der Waals surface area contributed by atoms with Gasteiger partial charge in [0, 0.05) is 11.8 Å². The molecule has 4 heteroatoms. The number of nitrogens with zero attached hydrogens (tertiary/aromatic N) is 2. The van der Waals surface area contributed by atoms with Crippen LogP contribution in [0.5, 0.6) is 0 Å². The zero-order valence-electron chi connectivity index (χ0n) is 8.77. The summed E-state index contributed by atoms with van der Waals surface area (Å²) in [5.41, 5.74) is 2.78. The summed E-state index contributed by atoms with van der Waals surface area (Å²) in [6.45, 7) is 0. The molecule has 0 fully saturated rings. The van der Waals surface area contributed by atoms with E-state index in [2.05, 4.69) is 4.98 Å². The average molecular weight is 263 g/mol. The number of imidazole rings is 1. The Bertz CT molecular complexity index is 674. The highest BCUT2D eigenvalue weighted by molar-refractivity contribution is 6.36. The molecule has 84 valence electrons. The van der Waals surface area contributed by atoms with Gasteiger partial charge in [0.15, 0.2) is 5.65 Å². The van der Waals surface area contributed by atoms with Crippen molar-refractivity contribution in [3.63, 3.8) is 0 Å². The Kier molecular flexibility index (Phi) is 2.54. The molecule has 2 nitrogen and oxygen atoms in total. The summed E-state index contributed by atoms with van der Waals surface area (Å²) >= 11 is 12.1. The van der Waals surface area contributed by atoms with Gasteiger partial charge in [0.2, 0.25) is 0 Å². The third kappa shape index (κ3) is 1.79. The van der Waals surface area contributed by atoms with Crippen LogP contribution in [0.2, 0.25) is 10.0 Å². The lowest BCUT2D eigenvalue weighted by atomic mass is 10.2. The van der Waals surface area contributed by atoms with Crippen LogP contribution in [-0.4, -0.2) is 9.38 Å². The summed E-state index contributed by atoms with van der Waals surface area (Å²) in [6.07, 6.45) is 3.62. The van der Waals surface area contributed by atoms with Crippen LogP contribution in [0.25, 0.3) is 16.9 Å². The maximum absolute atomic E-state index is 6.10. The number of aromatic nitrogens is 2. The van der Waals surface area contributed by atoms with Crippen LogP contribution in [0.1, 0.15) is 0 Å². The molecule has 17 heavy (non-hydrogen) atoms. The molecule has 0 bridgehead atoms. The van der Waals surface area contributed by atoms with Gasteiger partial charge in [-0.15, -0.1) is 0 Å². The Labute approximate surface area is 108 Å². The molecule has 0 spiro atoms. The van der Waals surface area contributed by atoms with Gasteiger partial charge >= 0.3 is 0 Å². The van der Waals surface area contributed by atoms with E-state index in [4.69, 9.17) is 23.2 Å². The Morgan fingerprint density at radius 3 is 2.59 bits per heavy atom. The van der Waals surface area contributed by atoms with Gasteiger partial charge in [-0.1, -0.05) is 53.5 Å². The lowest BCUT2D eigenvalue weighted by molar-refractivity contribution is 1.19. The highest BCUT2D eigenvalue weighted by atomic mass is 35.5. The smallest absolute Gasteiger partial charge is 0.156 e. The van der Waals surface area contributed by atoms with Crippen LogP contribution in [0, 0.1) is 0 Å². The molecule has 3 aromatic rings. The van der Waals surface area contributed by atoms with Crippen LogP contribution < -0.4 is 0 Å². The zero-order chi connectivity index (χ0) is 11.8. The molecule has 1 aromatic carbocycles. The van der Waals surface area contributed by atoms with Gasteiger partial charge < -0.3 is 0 Å². The SMILES string of the molecule is Clc1cc(Cl)c2ncc(-c3ccccc3)n2c1. The molecule has 2 aromatic heterocycles. The minimum atomic E-state index is 0.555. The fourth-order valence-corrected chi connectivity index (χ4v) is 2.36. The first-order valence-corrected chi connectivity index (χ1v) is 5.89. The van der Waals surface area contributed by atoms with E-state index in [1.54, 1.807) is 12.3 Å². The van der Waals surface area contributed by atoms with Crippen LogP contribution in [0.4, 0.5) is 0 Å². The minimum absolute atomic E-state index is 0.555. The molecular formula is C13H8Cl2N2. The maximum atomic E-state index is 6.10. The van der Waals surface area contributed by atoms with Crippen molar-refractivity contribution in [3.8, 4) is 11.3 Å². The molecule has 0 radical (unpaired) electrons. The molecule has 0 amide bonds. The van der Waals surface area contributed by atoms with E-state index in [9.17, 15) is 0 Å². The number of hydrogen-bond donors (Lipinski definition) is 0. The molecule has 0 aliphatic carbocycles. The number of rotatable bonds is 1. The van der Waals surface area contributed by atoms with Crippen molar-refractivity contribution in [2.24, 2.45) is 0 Å². The Balaban J connectivity index is 2.32. The molecule has 3 rings (SSSR count). The summed E-state index contributed by atoms with van der Waals surface area (Å²) in [4.78, 5) is 4.31. The third-order valence-electron chi connectivity index (χ3n) is 2.60. The summed E-state index contributed by atoms with van der Waals surface area (Å²) < 4.78 is 1.90. The second-order valence-corrected chi connectivity index (χ2v) is 4.55. The normalized spacial score (nSPS) is 10.9. The first-order valence-electron chi connectivity index (χ1n) is 5.13. The van der Waals surface area contributed by atoms with E-state index in [-0.39, 0.29) is 0 Å². The van der Waals surface area contributed by atoms with Crippen molar-refractivity contribution in [2.45, 2.75) is 0 Å². The van der Waals surface area contributed by atoms with Crippen LogP contribution >= 0.6 is 23.2 Å². The van der Waals surface area contributed by atoms with E-state index >= 15 is 0 Å². The number of fused-ring (bicyclic) bond motifs is 1. The fraction of sp³-hybridized carbons (Fsp3) is 0. The number of hydrogen-bond acceptors (Lipinski definition) is 1. The first-order chi connectivity index (χ1) is 8.25. The first kappa shape index (κ1) is 10.6. The third-order valence-corrected chi connectivity index (χ3v) is 3.08. The predicted molar refractivity (Wildman–Crippen MR) is 70.6 cm³/mol. The van der Waals surface area contributed by atoms with Gasteiger partial charge in [-0.3, -0.25) is 4.40 Å². The standard InChI is InChI=1S/C13H8Cl2N2/c14-10-6-11(15)13-16-7-12(17(13)8-10)9-4-2-1-3-5-9/h1-8H. The highest BCUT2D eigenvalue weighted by Gasteiger charge is 2.09. The van der Waals surface area contributed by atoms with E-state index in [1.807, 2.05) is 40.9 Å². The molecule has 0 atom stereocenters. The van der Waals surface area contributed by atoms with Gasteiger partial charge in [0.25, 0.3) is 0 Å². The van der Waals surface area contributed by atoms with Crippen LogP contribution in [-0.2, 0) is 0 Å². The van der Waals surface area contributed by atoms with E-state index < -0.39 is 0 Å². The number of halogens is 2. The van der Waals surface area contributed by atoms with E-state index in [0.717, 1.165) is 16.9 Å². The van der Waals surface area contributed by atoms with Gasteiger partial charge in [0.05, 0.1) is 21.9 Å². The fourth-order valence-electron chi connectivity index (χ4n) is 1.84. The largest absolute Gasteiger partial charge is 0.297 e. The second kappa shape index (κ2) is 4.06. The quantitative estimate of drug-likeness (QED) is 0.639. The predicted octanol–water partition coefficient (Wildman–Crippen LogP) is 4.31. The van der Waals surface area contributed by atoms with Crippen molar-refractivity contribution in [1.29, 1.82) is 0 Å². The van der Waals surface area contributed by atoms with Gasteiger partial charge in [-0.25, -0.2) is 4.98 Å². The number of benzene rings is 1. The van der Waals surface area contributed by atoms with Crippen molar-refractivity contribution in [2.75, 3.05) is 0 Å². The van der Waals surface area contributed by atoms with E-state index in [1.165, 1.54) is 0 Å². The molecule has 0 saturated heterocycles. The Morgan fingerprint density at radius 1 is 1.06 bits per heavy atom. The summed E-state index contributed by atoms with van der Waals surface area (Å²) in [5, 5.41) is 1.15. The average Bonchev–Trinajstić information content (AvgIpc) is 2.74. The highest BCUT2D eigenvalue weighted by Crippen LogP contribution is 2.27. The van der Waals surface area contributed by atoms with E-state index in [0.29, 0.717) is 10.0 Å². The van der Waals surface area contributed by atoms with Gasteiger partial charge in [-0.2, -0.15) is 0 Å². The van der Waals surface area contributed by atoms with Crippen molar-refractivity contribution in [3.05, 3.63) is 58.8 Å². The summed E-state index contributed by atoms with van der Waals surface area (Å²) in [7, 11) is 0.